The lowest BCUT2D eigenvalue weighted by molar-refractivity contribution is -0.122. The lowest BCUT2D eigenvalue weighted by Gasteiger charge is -1.31. The van der Waals surface area contributed by atoms with Crippen molar-refractivity contribution >= 4 is 12.6 Å². The summed E-state index contributed by atoms with van der Waals surface area (Å²) in [7, 11) is 1.50. The fourth-order valence-electron chi connectivity index (χ4n) is 0. The molecule has 0 aromatic heterocycles. The highest BCUT2D eigenvalue weighted by Gasteiger charge is 1.47. The molecule has 0 aliphatic heterocycles. The zero-order chi connectivity index (χ0) is 5.41. The van der Waals surface area contributed by atoms with Gasteiger partial charge in [0.1, 0.15) is 0 Å². The van der Waals surface area contributed by atoms with Gasteiger partial charge in [-0.15, -0.1) is 0 Å². The molecule has 2 N–H and O–H groups in total. The molecule has 3 nitrogen and oxygen atoms in total. The van der Waals surface area contributed by atoms with Crippen molar-refractivity contribution in [3.8, 4) is 0 Å². The molecule has 0 heterocycles. The van der Waals surface area contributed by atoms with Crippen LogP contribution in [0.3, 0.4) is 0 Å². The van der Waals surface area contributed by atoms with Gasteiger partial charge in [0.05, 0.1) is 0 Å². The second kappa shape index (κ2) is 27.7. The van der Waals surface area contributed by atoms with Crippen LogP contribution in [0.5, 0.6) is 0 Å². The number of rotatable bonds is 1. The molecule has 0 saturated carbocycles. The van der Waals surface area contributed by atoms with Crippen molar-refractivity contribution < 1.29 is 9.59 Å². The van der Waals surface area contributed by atoms with Crippen molar-refractivity contribution in [3.05, 3.63) is 0 Å². The molecule has 0 spiro atoms. The van der Waals surface area contributed by atoms with Crippen LogP contribution in [0.1, 0.15) is 0 Å². The van der Waals surface area contributed by atoms with Crippen molar-refractivity contribution in [2.75, 3.05) is 7.05 Å². The molecule has 0 fully saturated rings. The van der Waals surface area contributed by atoms with Crippen LogP contribution in [0.25, 0.3) is 0 Å². The van der Waals surface area contributed by atoms with Crippen LogP contribution in [0, 0.1) is 0 Å². The average molecular weight is 89.1 g/mol. The highest BCUT2D eigenvalue weighted by Crippen LogP contribution is 1.12. The van der Waals surface area contributed by atoms with Crippen LogP contribution in [0.4, 0.5) is 0 Å². The molecule has 0 amide bonds. The van der Waals surface area contributed by atoms with Gasteiger partial charge in [-0.1, -0.05) is 0 Å². The van der Waals surface area contributed by atoms with Gasteiger partial charge in [-0.25, -0.2) is 0 Å². The minimum atomic E-state index is 0.194. The van der Waals surface area contributed by atoms with Crippen LogP contribution < -0.4 is 5.73 Å². The molecular formula is C3H7NO2. The maximum atomic E-state index is 8.81. The number of carbonyl (C=O) groups is 2. The summed E-state index contributed by atoms with van der Waals surface area (Å²) in [4.78, 5) is 17.6. The maximum absolute atomic E-state index is 8.81. The molecule has 0 unspecified atom stereocenters. The van der Waals surface area contributed by atoms with E-state index in [9.17, 15) is 0 Å². The van der Waals surface area contributed by atoms with Gasteiger partial charge in [0.15, 0.2) is 12.6 Å². The molecule has 0 radical (unpaired) electrons. The Morgan fingerprint density at radius 3 is 1.33 bits per heavy atom. The van der Waals surface area contributed by atoms with Crippen LogP contribution in [-0.4, -0.2) is 19.6 Å². The van der Waals surface area contributed by atoms with Crippen LogP contribution >= 0.6 is 0 Å². The third-order valence-electron chi connectivity index (χ3n) is 0.0556. The Kier molecular flexibility index (Phi) is 41.6. The first-order valence-corrected chi connectivity index (χ1v) is 1.38. The molecule has 0 bridgehead atoms. The Morgan fingerprint density at radius 2 is 1.33 bits per heavy atom. The molecule has 0 rings (SSSR count). The SMILES string of the molecule is CN.O=CC=O. The van der Waals surface area contributed by atoms with Crippen molar-refractivity contribution in [2.24, 2.45) is 5.73 Å². The minimum absolute atomic E-state index is 0.194. The van der Waals surface area contributed by atoms with Crippen molar-refractivity contribution in [2.45, 2.75) is 0 Å². The Labute approximate surface area is 36.1 Å². The summed E-state index contributed by atoms with van der Waals surface area (Å²) in [6.07, 6.45) is 0.389. The second-order valence-electron chi connectivity index (χ2n) is 0.272. The van der Waals surface area contributed by atoms with Gasteiger partial charge in [0.25, 0.3) is 0 Å². The van der Waals surface area contributed by atoms with Gasteiger partial charge in [-0.3, -0.25) is 9.59 Å². The first-order chi connectivity index (χ1) is 2.91. The van der Waals surface area contributed by atoms with E-state index in [0.29, 0.717) is 0 Å². The fraction of sp³-hybridized carbons (Fsp3) is 0.333. The molecule has 0 aliphatic rings. The average Bonchev–Trinajstić information content (AvgIpc) is 1.72. The molecule has 0 aliphatic carbocycles. The molecule has 0 atom stereocenters. The summed E-state index contributed by atoms with van der Waals surface area (Å²) in [6.45, 7) is 0. The molecule has 36 valence electrons. The van der Waals surface area contributed by atoms with Gasteiger partial charge in [0, 0.05) is 0 Å². The van der Waals surface area contributed by atoms with E-state index in [-0.39, 0.29) is 12.6 Å². The largest absolute Gasteiger partial charge is 0.333 e. The Hall–Kier alpha value is -0.700. The number of nitrogens with two attached hydrogens (primary N) is 1. The van der Waals surface area contributed by atoms with Crippen LogP contribution in [-0.2, 0) is 9.59 Å². The summed E-state index contributed by atoms with van der Waals surface area (Å²) < 4.78 is 0. The maximum Gasteiger partial charge on any atom is 0.182 e. The minimum Gasteiger partial charge on any atom is -0.333 e. The van der Waals surface area contributed by atoms with Gasteiger partial charge < -0.3 is 5.73 Å². The third-order valence-corrected chi connectivity index (χ3v) is 0.0556. The zero-order valence-electron chi connectivity index (χ0n) is 3.55. The molecule has 0 saturated heterocycles. The zero-order valence-corrected chi connectivity index (χ0v) is 3.55. The lowest BCUT2D eigenvalue weighted by atomic mass is 10.9. The summed E-state index contributed by atoms with van der Waals surface area (Å²) in [6, 6.07) is 0. The smallest absolute Gasteiger partial charge is 0.182 e. The first-order valence-electron chi connectivity index (χ1n) is 1.38. The normalized spacial score (nSPS) is 4.33. The number of hydrogen-bond acceptors (Lipinski definition) is 3. The van der Waals surface area contributed by atoms with Gasteiger partial charge in [0.2, 0.25) is 0 Å². The second-order valence-corrected chi connectivity index (χ2v) is 0.272. The third kappa shape index (κ3) is 194. The molecule has 0 aromatic rings. The van der Waals surface area contributed by atoms with Gasteiger partial charge >= 0.3 is 0 Å². The number of aldehydes is 2. The summed E-state index contributed by atoms with van der Waals surface area (Å²) in [5.74, 6) is 0. The van der Waals surface area contributed by atoms with Gasteiger partial charge in [-0.2, -0.15) is 0 Å². The highest BCUT2D eigenvalue weighted by atomic mass is 16.2. The number of hydrogen-bond donors (Lipinski definition) is 1. The highest BCUT2D eigenvalue weighted by molar-refractivity contribution is 6.09. The molecule has 6 heavy (non-hydrogen) atoms. The first kappa shape index (κ1) is 9.00. The van der Waals surface area contributed by atoms with Crippen LogP contribution in [0.2, 0.25) is 0 Å². The predicted octanol–water partition coefficient (Wildman–Crippen LogP) is -1.04. The monoisotopic (exact) mass is 89.0 g/mol. The van der Waals surface area contributed by atoms with Crippen molar-refractivity contribution in [3.63, 3.8) is 0 Å². The van der Waals surface area contributed by atoms with E-state index in [0.717, 1.165) is 0 Å². The summed E-state index contributed by atoms with van der Waals surface area (Å²) >= 11 is 0. The van der Waals surface area contributed by atoms with E-state index in [2.05, 4.69) is 5.73 Å². The van der Waals surface area contributed by atoms with Crippen molar-refractivity contribution in [1.82, 2.24) is 0 Å². The van der Waals surface area contributed by atoms with E-state index in [4.69, 9.17) is 9.59 Å². The van der Waals surface area contributed by atoms with E-state index in [1.165, 1.54) is 7.05 Å². The van der Waals surface area contributed by atoms with E-state index < -0.39 is 0 Å². The summed E-state index contributed by atoms with van der Waals surface area (Å²) in [5.41, 5.74) is 4.50. The van der Waals surface area contributed by atoms with E-state index >= 15 is 0 Å². The van der Waals surface area contributed by atoms with Crippen LogP contribution in [0.15, 0.2) is 0 Å². The lowest BCUT2D eigenvalue weighted by Crippen LogP contribution is -1.69. The molecule has 3 heteroatoms. The Bertz CT molecular complexity index is 29.8. The molecular weight excluding hydrogens is 82.0 g/mol. The Balaban J connectivity index is 0. The molecule has 0 aromatic carbocycles. The quantitative estimate of drug-likeness (QED) is 0.329. The van der Waals surface area contributed by atoms with Gasteiger partial charge in [-0.05, 0) is 7.05 Å². The topological polar surface area (TPSA) is 60.2 Å². The van der Waals surface area contributed by atoms with Crippen molar-refractivity contribution in [1.29, 1.82) is 0 Å². The number of carbonyl (C=O) groups excluding carboxylic acids is 2. The standard InChI is InChI=1S/C2H2O2.CH5N/c3-1-2-4;1-2/h1-2H;2H2,1H3. The predicted molar refractivity (Wildman–Crippen MR) is 22.2 cm³/mol. The van der Waals surface area contributed by atoms with E-state index in [1.54, 1.807) is 0 Å². The fourth-order valence-corrected chi connectivity index (χ4v) is 0. The Morgan fingerprint density at radius 1 is 1.17 bits per heavy atom. The summed E-state index contributed by atoms with van der Waals surface area (Å²) in [5, 5.41) is 0. The van der Waals surface area contributed by atoms with E-state index in [1.807, 2.05) is 0 Å².